The van der Waals surface area contributed by atoms with Crippen molar-refractivity contribution in [2.24, 2.45) is 11.0 Å². The van der Waals surface area contributed by atoms with Crippen LogP contribution in [0.25, 0.3) is 0 Å². The summed E-state index contributed by atoms with van der Waals surface area (Å²) in [5, 5.41) is 10.7. The van der Waals surface area contributed by atoms with Crippen LogP contribution >= 0.6 is 0 Å². The molecule has 6 nitrogen and oxygen atoms in total. The average molecular weight is 298 g/mol. The minimum Gasteiger partial charge on any atom is -0.272 e. The molecule has 0 bridgehead atoms. The number of amidine groups is 1. The van der Waals surface area contributed by atoms with E-state index in [9.17, 15) is 0 Å². The number of hydrogen-bond acceptors (Lipinski definition) is 5. The highest BCUT2D eigenvalue weighted by Crippen LogP contribution is 2.12. The number of rotatable bonds is 5. The molecule has 0 amide bonds. The van der Waals surface area contributed by atoms with Crippen LogP contribution in [-0.4, -0.2) is 20.6 Å². The molecule has 0 aliphatic carbocycles. The van der Waals surface area contributed by atoms with E-state index in [1.54, 1.807) is 0 Å². The van der Waals surface area contributed by atoms with Gasteiger partial charge in [-0.25, -0.2) is 5.53 Å². The summed E-state index contributed by atoms with van der Waals surface area (Å²) in [6, 6.07) is 8.47. The van der Waals surface area contributed by atoms with Gasteiger partial charge in [-0.1, -0.05) is 43.7 Å². The molecule has 1 aromatic heterocycles. The minimum absolute atomic E-state index is 0.568. The fourth-order valence-electron chi connectivity index (χ4n) is 2.53. The predicted molar refractivity (Wildman–Crippen MR) is 86.6 cm³/mol. The Balaban J connectivity index is 1.74. The van der Waals surface area contributed by atoms with Gasteiger partial charge in [0.25, 0.3) is 0 Å². The summed E-state index contributed by atoms with van der Waals surface area (Å²) in [6.45, 7) is 8.11. The zero-order valence-electron chi connectivity index (χ0n) is 13.2. The van der Waals surface area contributed by atoms with Gasteiger partial charge in [0.15, 0.2) is 5.84 Å². The maximum atomic E-state index is 4.41. The molecule has 22 heavy (non-hydrogen) atoms. The van der Waals surface area contributed by atoms with E-state index < -0.39 is 0 Å². The third-order valence-corrected chi connectivity index (χ3v) is 3.47. The number of hydrazine groups is 2. The fraction of sp³-hybridized carbons (Fsp3) is 0.375. The number of aryl methyl sites for hydroxylation is 1. The van der Waals surface area contributed by atoms with Crippen molar-refractivity contribution in [1.82, 2.24) is 25.9 Å². The lowest BCUT2D eigenvalue weighted by Gasteiger charge is -2.18. The molecule has 6 heteroatoms. The van der Waals surface area contributed by atoms with Crippen LogP contribution in [0.1, 0.15) is 30.5 Å². The van der Waals surface area contributed by atoms with Gasteiger partial charge in [-0.15, -0.1) is 10.6 Å². The zero-order chi connectivity index (χ0) is 15.5. The van der Waals surface area contributed by atoms with Crippen molar-refractivity contribution < 1.29 is 0 Å². The third-order valence-electron chi connectivity index (χ3n) is 3.47. The molecular formula is C16H22N6. The molecule has 116 valence electrons. The molecule has 1 aromatic carbocycles. The molecule has 2 aromatic rings. The van der Waals surface area contributed by atoms with E-state index >= 15 is 0 Å². The van der Waals surface area contributed by atoms with E-state index in [0.29, 0.717) is 5.92 Å². The van der Waals surface area contributed by atoms with Crippen LogP contribution in [0.15, 0.2) is 41.8 Å². The SMILES string of the molecule is Cc1cccc(CN2NNN=C2c2cnn(CC(C)C)c2)c1. The molecule has 0 saturated carbocycles. The monoisotopic (exact) mass is 298 g/mol. The topological polar surface area (TPSA) is 57.5 Å². The lowest BCUT2D eigenvalue weighted by molar-refractivity contribution is 0.288. The largest absolute Gasteiger partial charge is 0.272 e. The van der Waals surface area contributed by atoms with Crippen LogP contribution in [0.5, 0.6) is 0 Å². The molecule has 0 radical (unpaired) electrons. The van der Waals surface area contributed by atoms with Crippen LogP contribution < -0.4 is 11.1 Å². The molecule has 0 spiro atoms. The maximum Gasteiger partial charge on any atom is 0.176 e. The Bertz CT molecular complexity index is 673. The van der Waals surface area contributed by atoms with E-state index in [4.69, 9.17) is 0 Å². The molecule has 2 N–H and O–H groups in total. The van der Waals surface area contributed by atoms with Gasteiger partial charge in [0.2, 0.25) is 0 Å². The molecule has 3 rings (SSSR count). The molecule has 0 atom stereocenters. The summed E-state index contributed by atoms with van der Waals surface area (Å²) in [7, 11) is 0. The van der Waals surface area contributed by atoms with Gasteiger partial charge < -0.3 is 0 Å². The third kappa shape index (κ3) is 3.28. The highest BCUT2D eigenvalue weighted by atomic mass is 15.8. The van der Waals surface area contributed by atoms with Gasteiger partial charge in [0, 0.05) is 12.7 Å². The minimum atomic E-state index is 0.568. The van der Waals surface area contributed by atoms with Crippen molar-refractivity contribution in [1.29, 1.82) is 0 Å². The smallest absolute Gasteiger partial charge is 0.176 e. The van der Waals surface area contributed by atoms with Gasteiger partial charge >= 0.3 is 0 Å². The summed E-state index contributed by atoms with van der Waals surface area (Å²) < 4.78 is 1.96. The summed E-state index contributed by atoms with van der Waals surface area (Å²) in [4.78, 5) is 0. The standard InChI is InChI=1S/C16H22N6/c1-12(2)9-21-11-15(8-17-21)16-18-19-20-22(16)10-14-6-4-5-13(3)7-14/h4-8,11-12,19-20H,9-10H2,1-3H3. The van der Waals surface area contributed by atoms with E-state index in [1.807, 2.05) is 22.1 Å². The second kappa shape index (κ2) is 6.19. The Morgan fingerprint density at radius 2 is 2.14 bits per heavy atom. The van der Waals surface area contributed by atoms with Gasteiger partial charge in [0.1, 0.15) is 0 Å². The molecule has 0 saturated heterocycles. The number of nitrogens with zero attached hydrogens (tertiary/aromatic N) is 4. The van der Waals surface area contributed by atoms with E-state index in [-0.39, 0.29) is 0 Å². The Morgan fingerprint density at radius 1 is 1.27 bits per heavy atom. The van der Waals surface area contributed by atoms with Crippen LogP contribution in [0.2, 0.25) is 0 Å². The summed E-state index contributed by atoms with van der Waals surface area (Å²) in [5.41, 5.74) is 9.40. The molecule has 1 aliphatic heterocycles. The second-order valence-electron chi connectivity index (χ2n) is 6.08. The first-order valence-corrected chi connectivity index (χ1v) is 7.56. The van der Waals surface area contributed by atoms with Crippen molar-refractivity contribution in [2.75, 3.05) is 0 Å². The number of benzene rings is 1. The highest BCUT2D eigenvalue weighted by molar-refractivity contribution is 5.98. The summed E-state index contributed by atoms with van der Waals surface area (Å²) >= 11 is 0. The molecule has 1 aliphatic rings. The lowest BCUT2D eigenvalue weighted by atomic mass is 10.1. The first kappa shape index (κ1) is 14.6. The van der Waals surface area contributed by atoms with Crippen molar-refractivity contribution in [3.8, 4) is 0 Å². The molecule has 0 fully saturated rings. The summed E-state index contributed by atoms with van der Waals surface area (Å²) in [5.74, 6) is 1.43. The van der Waals surface area contributed by atoms with Gasteiger partial charge in [-0.3, -0.25) is 9.69 Å². The van der Waals surface area contributed by atoms with Gasteiger partial charge in [-0.2, -0.15) is 5.10 Å². The average Bonchev–Trinajstić information content (AvgIpc) is 3.07. The first-order valence-electron chi connectivity index (χ1n) is 7.56. The first-order chi connectivity index (χ1) is 10.6. The Labute approximate surface area is 130 Å². The predicted octanol–water partition coefficient (Wildman–Crippen LogP) is 2.03. The Hall–Kier alpha value is -2.34. The normalized spacial score (nSPS) is 14.4. The fourth-order valence-corrected chi connectivity index (χ4v) is 2.53. The van der Waals surface area contributed by atoms with Crippen molar-refractivity contribution >= 4 is 5.84 Å². The zero-order valence-corrected chi connectivity index (χ0v) is 13.2. The number of hydrogen-bond donors (Lipinski definition) is 2. The van der Waals surface area contributed by atoms with Gasteiger partial charge in [-0.05, 0) is 18.4 Å². The van der Waals surface area contributed by atoms with E-state index in [2.05, 4.69) is 66.3 Å². The molecule has 0 unspecified atom stereocenters. The van der Waals surface area contributed by atoms with E-state index in [0.717, 1.165) is 24.5 Å². The molecular weight excluding hydrogens is 276 g/mol. The number of aromatic nitrogens is 2. The lowest BCUT2D eigenvalue weighted by Crippen LogP contribution is -2.40. The number of nitrogens with one attached hydrogen (secondary N) is 2. The van der Waals surface area contributed by atoms with Crippen molar-refractivity contribution in [3.05, 3.63) is 53.3 Å². The maximum absolute atomic E-state index is 4.41. The highest BCUT2D eigenvalue weighted by Gasteiger charge is 2.20. The van der Waals surface area contributed by atoms with Crippen molar-refractivity contribution in [2.45, 2.75) is 33.9 Å². The van der Waals surface area contributed by atoms with Crippen LogP contribution in [-0.2, 0) is 13.1 Å². The number of hydrazone groups is 1. The molecule has 2 heterocycles. The van der Waals surface area contributed by atoms with E-state index in [1.165, 1.54) is 11.1 Å². The second-order valence-corrected chi connectivity index (χ2v) is 6.08. The van der Waals surface area contributed by atoms with Gasteiger partial charge in [0.05, 0.1) is 18.3 Å². The quantitative estimate of drug-likeness (QED) is 0.887. The van der Waals surface area contributed by atoms with Crippen LogP contribution in [0.3, 0.4) is 0 Å². The van der Waals surface area contributed by atoms with Crippen LogP contribution in [0, 0.1) is 12.8 Å². The van der Waals surface area contributed by atoms with Crippen molar-refractivity contribution in [3.63, 3.8) is 0 Å². The Kier molecular flexibility index (Phi) is 4.11. The Morgan fingerprint density at radius 3 is 2.91 bits per heavy atom. The van der Waals surface area contributed by atoms with Crippen LogP contribution in [0.4, 0.5) is 0 Å². The summed E-state index contributed by atoms with van der Waals surface area (Å²) in [6.07, 6.45) is 3.90.